The maximum absolute atomic E-state index is 13.6. The summed E-state index contributed by atoms with van der Waals surface area (Å²) in [6.07, 6.45) is 7.62. The van der Waals surface area contributed by atoms with Gasteiger partial charge in [-0.3, -0.25) is 9.69 Å². The predicted molar refractivity (Wildman–Crippen MR) is 97.7 cm³/mol. The summed E-state index contributed by atoms with van der Waals surface area (Å²) < 4.78 is 0. The van der Waals surface area contributed by atoms with Crippen molar-refractivity contribution in [2.45, 2.75) is 66.2 Å². The fourth-order valence-electron chi connectivity index (χ4n) is 7.67. The fourth-order valence-corrected chi connectivity index (χ4v) is 7.67. The number of carbonyl (C=O) groups excluding carboxylic acids is 1. The van der Waals surface area contributed by atoms with Gasteiger partial charge in [0.1, 0.15) is 0 Å². The molecule has 4 aliphatic carbocycles. The quantitative estimate of drug-likeness (QED) is 0.785. The Kier molecular flexibility index (Phi) is 3.84. The Bertz CT molecular complexity index is 502. The second-order valence-corrected chi connectivity index (χ2v) is 10.9. The summed E-state index contributed by atoms with van der Waals surface area (Å²) >= 11 is 0. The van der Waals surface area contributed by atoms with Gasteiger partial charge in [0.2, 0.25) is 5.91 Å². The van der Waals surface area contributed by atoms with E-state index in [0.717, 1.165) is 50.9 Å². The van der Waals surface area contributed by atoms with Crippen molar-refractivity contribution in [2.75, 3.05) is 32.7 Å². The highest BCUT2D eigenvalue weighted by Gasteiger charge is 2.63. The number of piperazine rings is 1. The molecule has 3 unspecified atom stereocenters. The predicted octanol–water partition coefficient (Wildman–Crippen LogP) is 3.78. The highest BCUT2D eigenvalue weighted by atomic mass is 16.2. The van der Waals surface area contributed by atoms with Gasteiger partial charge in [0.05, 0.1) is 5.41 Å². The van der Waals surface area contributed by atoms with Gasteiger partial charge in [-0.2, -0.15) is 0 Å². The number of carbonyl (C=O) groups is 1. The second-order valence-electron chi connectivity index (χ2n) is 10.9. The molecule has 24 heavy (non-hydrogen) atoms. The minimum atomic E-state index is -0.0108. The highest BCUT2D eigenvalue weighted by Crippen LogP contribution is 2.69. The van der Waals surface area contributed by atoms with Gasteiger partial charge in [-0.25, -0.2) is 0 Å². The van der Waals surface area contributed by atoms with Crippen LogP contribution in [0.5, 0.6) is 0 Å². The van der Waals surface area contributed by atoms with Gasteiger partial charge in [-0.15, -0.1) is 0 Å². The molecule has 3 nitrogen and oxygen atoms in total. The Balaban J connectivity index is 1.47. The van der Waals surface area contributed by atoms with Crippen LogP contribution < -0.4 is 0 Å². The summed E-state index contributed by atoms with van der Waals surface area (Å²) in [7, 11) is 0. The van der Waals surface area contributed by atoms with Gasteiger partial charge in [-0.1, -0.05) is 27.7 Å². The Labute approximate surface area is 148 Å². The van der Waals surface area contributed by atoms with Gasteiger partial charge < -0.3 is 4.90 Å². The molecule has 136 valence electrons. The third-order valence-electron chi connectivity index (χ3n) is 7.36. The number of nitrogens with zero attached hydrogens (tertiary/aromatic N) is 2. The van der Waals surface area contributed by atoms with Gasteiger partial charge in [0.25, 0.3) is 0 Å². The normalized spacial score (nSPS) is 45.2. The first kappa shape index (κ1) is 16.9. The molecule has 5 fully saturated rings. The standard InChI is InChI=1S/C21H36N2O/c1-16(2)12-22-5-7-23(8-6-22)18(24)21-11-17-9-19(3,14-21)13-20(4,10-17)15-21/h16-17H,5-15H2,1-4H3/t17?,19-,20?,21?/m0/s1. The summed E-state index contributed by atoms with van der Waals surface area (Å²) in [6, 6.07) is 0. The van der Waals surface area contributed by atoms with E-state index in [-0.39, 0.29) is 5.41 Å². The van der Waals surface area contributed by atoms with Crippen LogP contribution in [0.3, 0.4) is 0 Å². The number of hydrogen-bond acceptors (Lipinski definition) is 2. The lowest BCUT2D eigenvalue weighted by atomic mass is 9.40. The Morgan fingerprint density at radius 2 is 1.54 bits per heavy atom. The van der Waals surface area contributed by atoms with Crippen molar-refractivity contribution >= 4 is 5.91 Å². The monoisotopic (exact) mass is 332 g/mol. The molecule has 0 spiro atoms. The van der Waals surface area contributed by atoms with Crippen LogP contribution in [0, 0.1) is 28.1 Å². The second kappa shape index (κ2) is 5.46. The number of hydrogen-bond donors (Lipinski definition) is 0. The molecule has 0 radical (unpaired) electrons. The van der Waals surface area contributed by atoms with Gasteiger partial charge >= 0.3 is 0 Å². The lowest BCUT2D eigenvalue weighted by Crippen LogP contribution is -2.62. The van der Waals surface area contributed by atoms with E-state index in [1.54, 1.807) is 0 Å². The van der Waals surface area contributed by atoms with Crippen LogP contribution in [0.2, 0.25) is 0 Å². The van der Waals surface area contributed by atoms with Crippen LogP contribution in [-0.2, 0) is 4.79 Å². The molecule has 1 heterocycles. The third kappa shape index (κ3) is 2.81. The smallest absolute Gasteiger partial charge is 0.228 e. The maximum atomic E-state index is 13.6. The highest BCUT2D eigenvalue weighted by molar-refractivity contribution is 5.83. The fraction of sp³-hybridized carbons (Fsp3) is 0.952. The molecule has 4 bridgehead atoms. The molecule has 0 N–H and O–H groups in total. The molecule has 1 amide bonds. The summed E-state index contributed by atoms with van der Waals surface area (Å²) in [5, 5.41) is 0. The molecule has 3 heteroatoms. The SMILES string of the molecule is CC(C)CN1CCN(C(=O)C23CC4CC(C)(C2)C[C@](C)(C4)C3)CC1. The van der Waals surface area contributed by atoms with Crippen molar-refractivity contribution in [3.05, 3.63) is 0 Å². The van der Waals surface area contributed by atoms with Gasteiger partial charge in [-0.05, 0) is 61.2 Å². The Morgan fingerprint density at radius 1 is 0.958 bits per heavy atom. The van der Waals surface area contributed by atoms with Crippen LogP contribution in [0.15, 0.2) is 0 Å². The third-order valence-corrected chi connectivity index (χ3v) is 7.36. The molecule has 5 aliphatic rings. The van der Waals surface area contributed by atoms with Crippen molar-refractivity contribution in [3.8, 4) is 0 Å². The molecule has 4 atom stereocenters. The first-order valence-corrected chi connectivity index (χ1v) is 10.2. The van der Waals surface area contributed by atoms with Crippen molar-refractivity contribution in [3.63, 3.8) is 0 Å². The van der Waals surface area contributed by atoms with E-state index in [9.17, 15) is 4.79 Å². The Hall–Kier alpha value is -0.570. The van der Waals surface area contributed by atoms with Crippen LogP contribution >= 0.6 is 0 Å². The molecule has 0 aromatic rings. The van der Waals surface area contributed by atoms with Crippen molar-refractivity contribution in [1.29, 1.82) is 0 Å². The zero-order valence-electron chi connectivity index (χ0n) is 16.2. The van der Waals surface area contributed by atoms with Gasteiger partial charge in [0, 0.05) is 32.7 Å². The minimum Gasteiger partial charge on any atom is -0.340 e. The molecule has 1 saturated heterocycles. The van der Waals surface area contributed by atoms with E-state index in [1.165, 1.54) is 32.2 Å². The molecular weight excluding hydrogens is 296 g/mol. The average Bonchev–Trinajstić information content (AvgIpc) is 2.43. The molecule has 0 aromatic carbocycles. The first-order chi connectivity index (χ1) is 11.2. The molecule has 1 aliphatic heterocycles. The lowest BCUT2D eigenvalue weighted by molar-refractivity contribution is -0.180. The van der Waals surface area contributed by atoms with Gasteiger partial charge in [0.15, 0.2) is 0 Å². The van der Waals surface area contributed by atoms with E-state index in [2.05, 4.69) is 37.5 Å². The van der Waals surface area contributed by atoms with E-state index in [1.807, 2.05) is 0 Å². The van der Waals surface area contributed by atoms with Crippen molar-refractivity contribution < 1.29 is 4.79 Å². The largest absolute Gasteiger partial charge is 0.340 e. The maximum Gasteiger partial charge on any atom is 0.228 e. The van der Waals surface area contributed by atoms with Crippen LogP contribution in [0.1, 0.15) is 66.2 Å². The molecule has 4 saturated carbocycles. The average molecular weight is 333 g/mol. The topological polar surface area (TPSA) is 23.6 Å². The van der Waals surface area contributed by atoms with Crippen molar-refractivity contribution in [2.24, 2.45) is 28.1 Å². The summed E-state index contributed by atoms with van der Waals surface area (Å²) in [5.41, 5.74) is 0.857. The zero-order valence-corrected chi connectivity index (χ0v) is 16.2. The van der Waals surface area contributed by atoms with E-state index in [0.29, 0.717) is 16.7 Å². The summed E-state index contributed by atoms with van der Waals surface area (Å²) in [5.74, 6) is 2.05. The van der Waals surface area contributed by atoms with Crippen LogP contribution in [0.25, 0.3) is 0 Å². The minimum absolute atomic E-state index is 0.0108. The molecule has 5 rings (SSSR count). The summed E-state index contributed by atoms with van der Waals surface area (Å²) in [4.78, 5) is 18.3. The van der Waals surface area contributed by atoms with Crippen molar-refractivity contribution in [1.82, 2.24) is 9.80 Å². The van der Waals surface area contributed by atoms with E-state index < -0.39 is 0 Å². The number of rotatable bonds is 3. The first-order valence-electron chi connectivity index (χ1n) is 10.2. The van der Waals surface area contributed by atoms with Crippen LogP contribution in [0.4, 0.5) is 0 Å². The molecular formula is C21H36N2O. The zero-order chi connectivity index (χ0) is 17.2. The Morgan fingerprint density at radius 3 is 2.04 bits per heavy atom. The number of amides is 1. The van der Waals surface area contributed by atoms with E-state index in [4.69, 9.17) is 0 Å². The van der Waals surface area contributed by atoms with Crippen LogP contribution in [-0.4, -0.2) is 48.4 Å². The van der Waals surface area contributed by atoms with E-state index >= 15 is 0 Å². The molecule has 0 aromatic heterocycles. The lowest BCUT2D eigenvalue weighted by Gasteiger charge is -2.65. The summed E-state index contributed by atoms with van der Waals surface area (Å²) in [6.45, 7) is 14.7.